The van der Waals surface area contributed by atoms with Gasteiger partial charge < -0.3 is 10.4 Å². The van der Waals surface area contributed by atoms with Crippen LogP contribution in [0, 0.1) is 18.8 Å². The number of aliphatic hydroxyl groups excluding tert-OH is 1. The number of aromatic nitrogens is 2. The van der Waals surface area contributed by atoms with E-state index in [9.17, 15) is 4.79 Å². The zero-order chi connectivity index (χ0) is 15.1. The second kappa shape index (κ2) is 7.17. The Morgan fingerprint density at radius 3 is 3.00 bits per heavy atom. The van der Waals surface area contributed by atoms with Crippen LogP contribution in [-0.4, -0.2) is 27.6 Å². The molecule has 0 atom stereocenters. The standard InChI is InChI=1S/C16H15N3O2/c1-12-4-2-6-15(19-12)11-18-16(21)14-8-13(5-3-7-20)9-17-10-14/h2,4,6,8-10,20H,7,11H2,1H3,(H,18,21). The first-order valence-electron chi connectivity index (χ1n) is 6.44. The minimum atomic E-state index is -0.238. The predicted molar refractivity (Wildman–Crippen MR) is 78.3 cm³/mol. The topological polar surface area (TPSA) is 75.1 Å². The van der Waals surface area contributed by atoms with Crippen molar-refractivity contribution in [2.24, 2.45) is 0 Å². The molecule has 0 saturated heterocycles. The summed E-state index contributed by atoms with van der Waals surface area (Å²) in [6.45, 7) is 2.03. The second-order valence-corrected chi connectivity index (χ2v) is 4.38. The van der Waals surface area contributed by atoms with Crippen LogP contribution in [0.1, 0.15) is 27.3 Å². The van der Waals surface area contributed by atoms with E-state index in [4.69, 9.17) is 5.11 Å². The maximum atomic E-state index is 12.1. The third kappa shape index (κ3) is 4.41. The summed E-state index contributed by atoms with van der Waals surface area (Å²) in [5, 5.41) is 11.4. The molecule has 0 saturated carbocycles. The van der Waals surface area contributed by atoms with Gasteiger partial charge in [0.15, 0.2) is 0 Å². The van der Waals surface area contributed by atoms with E-state index < -0.39 is 0 Å². The number of nitrogens with zero attached hydrogens (tertiary/aromatic N) is 2. The number of carbonyl (C=O) groups is 1. The zero-order valence-corrected chi connectivity index (χ0v) is 11.6. The normalized spacial score (nSPS) is 9.62. The SMILES string of the molecule is Cc1cccc(CNC(=O)c2cncc(C#CCO)c2)n1. The van der Waals surface area contributed by atoms with Crippen molar-refractivity contribution in [3.63, 3.8) is 0 Å². The van der Waals surface area contributed by atoms with Gasteiger partial charge in [-0.2, -0.15) is 0 Å². The smallest absolute Gasteiger partial charge is 0.253 e. The molecular weight excluding hydrogens is 266 g/mol. The van der Waals surface area contributed by atoms with Gasteiger partial charge in [-0.3, -0.25) is 14.8 Å². The maximum absolute atomic E-state index is 12.1. The number of aliphatic hydroxyl groups is 1. The van der Waals surface area contributed by atoms with Crippen molar-refractivity contribution < 1.29 is 9.90 Å². The van der Waals surface area contributed by atoms with Gasteiger partial charge in [-0.15, -0.1) is 0 Å². The van der Waals surface area contributed by atoms with Crippen molar-refractivity contribution in [2.45, 2.75) is 13.5 Å². The summed E-state index contributed by atoms with van der Waals surface area (Å²) in [7, 11) is 0. The molecule has 1 amide bonds. The number of nitrogens with one attached hydrogen (secondary N) is 1. The lowest BCUT2D eigenvalue weighted by molar-refractivity contribution is 0.0950. The summed E-state index contributed by atoms with van der Waals surface area (Å²) >= 11 is 0. The molecule has 2 heterocycles. The molecule has 0 spiro atoms. The quantitative estimate of drug-likeness (QED) is 0.825. The molecule has 0 aliphatic heterocycles. The van der Waals surface area contributed by atoms with Gasteiger partial charge in [0.25, 0.3) is 5.91 Å². The Bertz CT molecular complexity index is 702. The van der Waals surface area contributed by atoms with Crippen molar-refractivity contribution in [2.75, 3.05) is 6.61 Å². The van der Waals surface area contributed by atoms with Gasteiger partial charge in [0.05, 0.1) is 17.8 Å². The number of amides is 1. The van der Waals surface area contributed by atoms with Gasteiger partial charge >= 0.3 is 0 Å². The molecule has 2 aromatic rings. The minimum absolute atomic E-state index is 0.227. The monoisotopic (exact) mass is 281 g/mol. The summed E-state index contributed by atoms with van der Waals surface area (Å²) in [6, 6.07) is 7.29. The van der Waals surface area contributed by atoms with Gasteiger partial charge in [-0.05, 0) is 25.1 Å². The molecule has 5 nitrogen and oxygen atoms in total. The highest BCUT2D eigenvalue weighted by Gasteiger charge is 2.06. The summed E-state index contributed by atoms with van der Waals surface area (Å²) in [5.41, 5.74) is 2.72. The number of pyridine rings is 2. The van der Waals surface area contributed by atoms with Crippen LogP contribution in [0.25, 0.3) is 0 Å². The fourth-order valence-electron chi connectivity index (χ4n) is 1.74. The average Bonchev–Trinajstić information content (AvgIpc) is 2.51. The Balaban J connectivity index is 2.03. The molecule has 0 bridgehead atoms. The summed E-state index contributed by atoms with van der Waals surface area (Å²) in [4.78, 5) is 20.3. The maximum Gasteiger partial charge on any atom is 0.253 e. The number of aryl methyl sites for hydroxylation is 1. The second-order valence-electron chi connectivity index (χ2n) is 4.38. The zero-order valence-electron chi connectivity index (χ0n) is 11.6. The van der Waals surface area contributed by atoms with Crippen LogP contribution >= 0.6 is 0 Å². The fourth-order valence-corrected chi connectivity index (χ4v) is 1.74. The molecule has 0 unspecified atom stereocenters. The Hall–Kier alpha value is -2.71. The van der Waals surface area contributed by atoms with Crippen molar-refractivity contribution in [3.8, 4) is 11.8 Å². The van der Waals surface area contributed by atoms with E-state index in [-0.39, 0.29) is 12.5 Å². The predicted octanol–water partition coefficient (Wildman–Crippen LogP) is 1.06. The van der Waals surface area contributed by atoms with Crippen LogP contribution < -0.4 is 5.32 Å². The van der Waals surface area contributed by atoms with E-state index in [1.807, 2.05) is 25.1 Å². The molecule has 0 aliphatic carbocycles. The van der Waals surface area contributed by atoms with E-state index in [0.717, 1.165) is 11.4 Å². The Morgan fingerprint density at radius 2 is 2.24 bits per heavy atom. The van der Waals surface area contributed by atoms with Crippen LogP contribution in [0.15, 0.2) is 36.7 Å². The van der Waals surface area contributed by atoms with Crippen LogP contribution in [0.2, 0.25) is 0 Å². The highest BCUT2D eigenvalue weighted by molar-refractivity contribution is 5.94. The number of carbonyl (C=O) groups excluding carboxylic acids is 1. The number of rotatable bonds is 3. The van der Waals surface area contributed by atoms with E-state index in [1.54, 1.807) is 12.3 Å². The lowest BCUT2D eigenvalue weighted by atomic mass is 10.2. The van der Waals surface area contributed by atoms with E-state index in [0.29, 0.717) is 17.7 Å². The van der Waals surface area contributed by atoms with Gasteiger partial charge in [0, 0.05) is 23.7 Å². The Kier molecular flexibility index (Phi) is 5.02. The molecule has 2 rings (SSSR count). The molecule has 0 fully saturated rings. The van der Waals surface area contributed by atoms with E-state index >= 15 is 0 Å². The lowest BCUT2D eigenvalue weighted by Crippen LogP contribution is -2.23. The van der Waals surface area contributed by atoms with Crippen LogP contribution in [0.5, 0.6) is 0 Å². The Labute approximate surface area is 123 Å². The lowest BCUT2D eigenvalue weighted by Gasteiger charge is -2.05. The number of hydrogen-bond acceptors (Lipinski definition) is 4. The van der Waals surface area contributed by atoms with Crippen LogP contribution in [0.4, 0.5) is 0 Å². The van der Waals surface area contributed by atoms with Crippen molar-refractivity contribution >= 4 is 5.91 Å². The molecule has 2 N–H and O–H groups in total. The van der Waals surface area contributed by atoms with Crippen molar-refractivity contribution in [1.82, 2.24) is 15.3 Å². The molecular formula is C16H15N3O2. The minimum Gasteiger partial charge on any atom is -0.384 e. The molecule has 21 heavy (non-hydrogen) atoms. The van der Waals surface area contributed by atoms with Gasteiger partial charge in [-0.1, -0.05) is 17.9 Å². The molecule has 0 aliphatic rings. The molecule has 0 aromatic carbocycles. The fraction of sp³-hybridized carbons (Fsp3) is 0.188. The van der Waals surface area contributed by atoms with Crippen LogP contribution in [-0.2, 0) is 6.54 Å². The van der Waals surface area contributed by atoms with Gasteiger partial charge in [0.2, 0.25) is 0 Å². The first kappa shape index (κ1) is 14.7. The van der Waals surface area contributed by atoms with Gasteiger partial charge in [-0.25, -0.2) is 0 Å². The molecule has 106 valence electrons. The Morgan fingerprint density at radius 1 is 1.38 bits per heavy atom. The average molecular weight is 281 g/mol. The summed E-state index contributed by atoms with van der Waals surface area (Å²) in [5.74, 6) is 5.00. The van der Waals surface area contributed by atoms with E-state index in [2.05, 4.69) is 27.1 Å². The number of hydrogen-bond donors (Lipinski definition) is 2. The molecule has 2 aromatic heterocycles. The largest absolute Gasteiger partial charge is 0.384 e. The highest BCUT2D eigenvalue weighted by atomic mass is 16.2. The van der Waals surface area contributed by atoms with Gasteiger partial charge in [0.1, 0.15) is 6.61 Å². The van der Waals surface area contributed by atoms with Crippen molar-refractivity contribution in [3.05, 3.63) is 59.2 Å². The summed E-state index contributed by atoms with van der Waals surface area (Å²) < 4.78 is 0. The van der Waals surface area contributed by atoms with Crippen LogP contribution in [0.3, 0.4) is 0 Å². The first-order chi connectivity index (χ1) is 10.2. The third-order valence-electron chi connectivity index (χ3n) is 2.69. The molecule has 0 radical (unpaired) electrons. The third-order valence-corrected chi connectivity index (χ3v) is 2.69. The van der Waals surface area contributed by atoms with E-state index in [1.165, 1.54) is 6.20 Å². The summed E-state index contributed by atoms with van der Waals surface area (Å²) in [6.07, 6.45) is 3.02. The first-order valence-corrected chi connectivity index (χ1v) is 6.44. The van der Waals surface area contributed by atoms with Crippen molar-refractivity contribution in [1.29, 1.82) is 0 Å². The molecule has 5 heteroatoms. The highest BCUT2D eigenvalue weighted by Crippen LogP contribution is 2.03.